The summed E-state index contributed by atoms with van der Waals surface area (Å²) < 4.78 is 2.36. The van der Waals surface area contributed by atoms with Crippen molar-refractivity contribution in [1.82, 2.24) is 0 Å². The fraction of sp³-hybridized carbons (Fsp3) is 0.364. The largest absolute Gasteiger partial charge is 1.00 e. The Kier molecular flexibility index (Phi) is 7.27. The number of rotatable bonds is 3. The Morgan fingerprint density at radius 3 is 2.19 bits per heavy atom. The van der Waals surface area contributed by atoms with Crippen LogP contribution in [0.3, 0.4) is 0 Å². The van der Waals surface area contributed by atoms with Crippen molar-refractivity contribution in [3.63, 3.8) is 0 Å². The molecule has 2 aromatic carbocycles. The van der Waals surface area contributed by atoms with E-state index in [1.54, 1.807) is 0 Å². The van der Waals surface area contributed by atoms with Crippen LogP contribution in [-0.2, 0) is 10.8 Å². The Labute approximate surface area is 234 Å². The van der Waals surface area contributed by atoms with E-state index in [0.717, 1.165) is 12.8 Å². The van der Waals surface area contributed by atoms with E-state index >= 15 is 0 Å². The molecule has 0 fully saturated rings. The average Bonchev–Trinajstić information content (AvgIpc) is 3.16. The van der Waals surface area contributed by atoms with Crippen molar-refractivity contribution in [2.75, 3.05) is 19.0 Å². The van der Waals surface area contributed by atoms with Gasteiger partial charge in [-0.3, -0.25) is 0 Å². The van der Waals surface area contributed by atoms with Crippen LogP contribution in [0.15, 0.2) is 95.3 Å². The summed E-state index contributed by atoms with van der Waals surface area (Å²) in [5, 5.41) is 0. The van der Waals surface area contributed by atoms with Crippen LogP contribution < -0.4 is 28.9 Å². The minimum absolute atomic E-state index is 0. The third kappa shape index (κ3) is 4.23. The number of hydrogen-bond donors (Lipinski definition) is 0. The number of halogens is 1. The zero-order valence-electron chi connectivity index (χ0n) is 22.8. The standard InChI is InChI=1S/C33H39N2.HI/c1-23-24(19-21-30-32(2,3)26-15-8-10-17-28(26)34(30)6)13-12-14-25(23)20-22-31-33(4,5)27-16-9-11-18-29(27)35(31)7;/h8-11,15-22H,12-14H2,1-7H3;1H/q+1;/p-1. The van der Waals surface area contributed by atoms with E-state index in [1.165, 1.54) is 57.1 Å². The quantitative estimate of drug-likeness (QED) is 0.361. The minimum Gasteiger partial charge on any atom is -1.00 e. The molecule has 5 rings (SSSR count). The van der Waals surface area contributed by atoms with Gasteiger partial charge >= 0.3 is 0 Å². The van der Waals surface area contributed by atoms with Gasteiger partial charge in [-0.05, 0) is 74.5 Å². The summed E-state index contributed by atoms with van der Waals surface area (Å²) in [6, 6.07) is 17.6. The van der Waals surface area contributed by atoms with Crippen molar-refractivity contribution in [3.05, 3.63) is 106 Å². The van der Waals surface area contributed by atoms with Crippen LogP contribution >= 0.6 is 0 Å². The third-order valence-electron chi connectivity index (χ3n) is 8.62. The van der Waals surface area contributed by atoms with E-state index in [-0.39, 0.29) is 34.8 Å². The van der Waals surface area contributed by atoms with Gasteiger partial charge in [0, 0.05) is 41.6 Å². The van der Waals surface area contributed by atoms with Crippen molar-refractivity contribution in [3.8, 4) is 0 Å². The normalized spacial score (nSPS) is 22.5. The first-order valence-corrected chi connectivity index (χ1v) is 13.0. The smallest absolute Gasteiger partial charge is 0.209 e. The molecule has 2 aromatic rings. The summed E-state index contributed by atoms with van der Waals surface area (Å²) in [6.45, 7) is 11.7. The molecule has 2 heterocycles. The lowest BCUT2D eigenvalue weighted by Crippen LogP contribution is -3.00. The van der Waals surface area contributed by atoms with Gasteiger partial charge < -0.3 is 28.9 Å². The molecule has 0 saturated heterocycles. The molecule has 0 saturated carbocycles. The lowest BCUT2D eigenvalue weighted by atomic mass is 9.80. The second-order valence-electron chi connectivity index (χ2n) is 11.4. The van der Waals surface area contributed by atoms with Crippen LogP contribution in [-0.4, -0.2) is 24.4 Å². The molecule has 0 radical (unpaired) electrons. The molecule has 0 aromatic heterocycles. The summed E-state index contributed by atoms with van der Waals surface area (Å²) in [5.41, 5.74) is 12.6. The van der Waals surface area contributed by atoms with Crippen molar-refractivity contribution < 1.29 is 28.6 Å². The van der Waals surface area contributed by atoms with Crippen LogP contribution in [0.2, 0.25) is 0 Å². The molecule has 0 unspecified atom stereocenters. The van der Waals surface area contributed by atoms with Gasteiger partial charge in [-0.25, -0.2) is 0 Å². The second-order valence-corrected chi connectivity index (χ2v) is 11.4. The number of likely N-dealkylation sites (N-methyl/N-ethyl adjacent to an activating group) is 1. The Morgan fingerprint density at radius 1 is 0.833 bits per heavy atom. The Hall–Kier alpha value is -2.40. The van der Waals surface area contributed by atoms with E-state index in [0.29, 0.717) is 0 Å². The Bertz CT molecular complexity index is 1350. The van der Waals surface area contributed by atoms with Crippen molar-refractivity contribution in [2.24, 2.45) is 0 Å². The fourth-order valence-electron chi connectivity index (χ4n) is 6.43. The lowest BCUT2D eigenvalue weighted by Gasteiger charge is -2.24. The monoisotopic (exact) mass is 590 g/mol. The summed E-state index contributed by atoms with van der Waals surface area (Å²) in [7, 11) is 4.40. The zero-order chi connectivity index (χ0) is 25.0. The summed E-state index contributed by atoms with van der Waals surface area (Å²) in [4.78, 5) is 2.36. The molecule has 0 bridgehead atoms. The molecule has 1 aliphatic carbocycles. The molecule has 36 heavy (non-hydrogen) atoms. The first-order chi connectivity index (χ1) is 16.6. The molecule has 0 N–H and O–H groups in total. The third-order valence-corrected chi connectivity index (χ3v) is 8.62. The van der Waals surface area contributed by atoms with Crippen molar-refractivity contribution >= 4 is 17.1 Å². The molecular weight excluding hydrogens is 551 g/mol. The van der Waals surface area contributed by atoms with Gasteiger partial charge in [0.15, 0.2) is 5.71 Å². The first kappa shape index (κ1) is 26.7. The number of fused-ring (bicyclic) bond motifs is 2. The molecular formula is C33H39IN2. The van der Waals surface area contributed by atoms with Crippen LogP contribution in [0.4, 0.5) is 11.4 Å². The van der Waals surface area contributed by atoms with E-state index in [2.05, 4.69) is 131 Å². The molecule has 2 aliphatic heterocycles. The van der Waals surface area contributed by atoms with E-state index in [1.807, 2.05) is 0 Å². The van der Waals surface area contributed by atoms with Gasteiger partial charge in [0.25, 0.3) is 0 Å². The fourth-order valence-corrected chi connectivity index (χ4v) is 6.43. The van der Waals surface area contributed by atoms with Gasteiger partial charge in [-0.15, -0.1) is 0 Å². The maximum Gasteiger partial charge on any atom is 0.209 e. The molecule has 3 aliphatic rings. The maximum atomic E-state index is 2.39. The predicted molar refractivity (Wildman–Crippen MR) is 150 cm³/mol. The highest BCUT2D eigenvalue weighted by Crippen LogP contribution is 2.47. The zero-order valence-corrected chi connectivity index (χ0v) is 25.0. The van der Waals surface area contributed by atoms with Gasteiger partial charge in [-0.1, -0.05) is 62.4 Å². The molecule has 0 atom stereocenters. The van der Waals surface area contributed by atoms with E-state index < -0.39 is 0 Å². The number of benzene rings is 2. The van der Waals surface area contributed by atoms with Gasteiger partial charge in [0.1, 0.15) is 7.05 Å². The summed E-state index contributed by atoms with van der Waals surface area (Å²) >= 11 is 0. The number of nitrogens with zero attached hydrogens (tertiary/aromatic N) is 2. The number of para-hydroxylation sites is 2. The SMILES string of the molecule is CC1=C(/C=C/C2=[N+](C)c3ccccc3C2(C)C)CCC/C1=C\C=C1\N(C)c2ccccc2C1(C)C.[I-]. The molecule has 188 valence electrons. The summed E-state index contributed by atoms with van der Waals surface area (Å²) in [6.07, 6.45) is 13.0. The van der Waals surface area contributed by atoms with Crippen molar-refractivity contribution in [2.45, 2.75) is 64.7 Å². The summed E-state index contributed by atoms with van der Waals surface area (Å²) in [5.74, 6) is 0. The van der Waals surface area contributed by atoms with E-state index in [9.17, 15) is 0 Å². The number of anilines is 1. The lowest BCUT2D eigenvalue weighted by molar-refractivity contribution is -0.401. The van der Waals surface area contributed by atoms with Crippen LogP contribution in [0.5, 0.6) is 0 Å². The number of allylic oxidation sites excluding steroid dienone is 8. The van der Waals surface area contributed by atoms with Crippen molar-refractivity contribution in [1.29, 1.82) is 0 Å². The molecule has 2 nitrogen and oxygen atoms in total. The van der Waals surface area contributed by atoms with E-state index in [4.69, 9.17) is 0 Å². The average molecular weight is 591 g/mol. The maximum absolute atomic E-state index is 2.39. The highest BCUT2D eigenvalue weighted by molar-refractivity contribution is 6.03. The number of hydrogen-bond acceptors (Lipinski definition) is 1. The molecule has 0 amide bonds. The predicted octanol–water partition coefficient (Wildman–Crippen LogP) is 4.99. The first-order valence-electron chi connectivity index (χ1n) is 13.0. The Balaban J connectivity index is 0.00000304. The minimum atomic E-state index is 0. The second kappa shape index (κ2) is 9.81. The molecule has 0 spiro atoms. The topological polar surface area (TPSA) is 6.25 Å². The van der Waals surface area contributed by atoms with Crippen LogP contribution in [0.1, 0.15) is 65.0 Å². The Morgan fingerprint density at radius 2 is 1.50 bits per heavy atom. The van der Waals surface area contributed by atoms with Gasteiger partial charge in [-0.2, -0.15) is 4.58 Å². The highest BCUT2D eigenvalue weighted by Gasteiger charge is 2.42. The van der Waals surface area contributed by atoms with Crippen LogP contribution in [0, 0.1) is 0 Å². The van der Waals surface area contributed by atoms with Gasteiger partial charge in [0.2, 0.25) is 5.69 Å². The molecule has 3 heteroatoms. The van der Waals surface area contributed by atoms with Crippen LogP contribution in [0.25, 0.3) is 0 Å². The highest BCUT2D eigenvalue weighted by atomic mass is 127. The van der Waals surface area contributed by atoms with Gasteiger partial charge in [0.05, 0.1) is 5.41 Å².